The van der Waals surface area contributed by atoms with E-state index >= 15 is 0 Å². The van der Waals surface area contributed by atoms with Gasteiger partial charge in [0.05, 0.1) is 13.7 Å². The van der Waals surface area contributed by atoms with Crippen molar-refractivity contribution in [1.29, 1.82) is 0 Å². The molecule has 0 heterocycles. The average molecular weight is 347 g/mol. The number of halogens is 1. The highest BCUT2D eigenvalue weighted by Crippen LogP contribution is 2.21. The van der Waals surface area contributed by atoms with Crippen LogP contribution in [-0.2, 0) is 11.3 Å². The predicted molar refractivity (Wildman–Crippen MR) is 98.8 cm³/mol. The molecular weight excluding hydrogens is 324 g/mol. The fraction of sp³-hybridized carbons (Fsp3) is 0.316. The summed E-state index contributed by atoms with van der Waals surface area (Å²) in [5.41, 5.74) is 2.80. The summed E-state index contributed by atoms with van der Waals surface area (Å²) in [6.07, 6.45) is 0. The lowest BCUT2D eigenvalue weighted by atomic mass is 10.2. The first-order chi connectivity index (χ1) is 11.5. The molecular formula is C19H23ClN2O2. The molecule has 0 bridgehead atoms. The number of methoxy groups -OCH3 is 1. The third-order valence-electron chi connectivity index (χ3n) is 3.87. The lowest BCUT2D eigenvalue weighted by Crippen LogP contribution is -2.33. The summed E-state index contributed by atoms with van der Waals surface area (Å²) in [5.74, 6) is 0.777. The summed E-state index contributed by atoms with van der Waals surface area (Å²) in [6.45, 7) is 5.70. The predicted octanol–water partition coefficient (Wildman–Crippen LogP) is 4.12. The van der Waals surface area contributed by atoms with Crippen LogP contribution in [0.15, 0.2) is 42.5 Å². The molecule has 0 saturated heterocycles. The normalized spacial score (nSPS) is 10.7. The molecule has 0 aliphatic rings. The lowest BCUT2D eigenvalue weighted by molar-refractivity contribution is -0.117. The van der Waals surface area contributed by atoms with E-state index < -0.39 is 0 Å². The smallest absolute Gasteiger partial charge is 0.238 e. The van der Waals surface area contributed by atoms with E-state index in [-0.39, 0.29) is 5.91 Å². The van der Waals surface area contributed by atoms with E-state index in [1.54, 1.807) is 13.2 Å². The Balaban J connectivity index is 2.01. The molecule has 0 fully saturated rings. The quantitative estimate of drug-likeness (QED) is 0.820. The van der Waals surface area contributed by atoms with E-state index in [1.807, 2.05) is 50.2 Å². The Morgan fingerprint density at radius 1 is 1.25 bits per heavy atom. The van der Waals surface area contributed by atoms with Crippen molar-refractivity contribution in [1.82, 2.24) is 4.90 Å². The van der Waals surface area contributed by atoms with E-state index in [0.717, 1.165) is 29.1 Å². The molecule has 0 aromatic heterocycles. The summed E-state index contributed by atoms with van der Waals surface area (Å²) in [4.78, 5) is 14.4. The molecule has 1 amide bonds. The molecule has 2 aromatic rings. The molecule has 0 unspecified atom stereocenters. The average Bonchev–Trinajstić information content (AvgIpc) is 2.58. The van der Waals surface area contributed by atoms with Crippen molar-refractivity contribution in [2.45, 2.75) is 20.4 Å². The van der Waals surface area contributed by atoms with Crippen molar-refractivity contribution in [3.8, 4) is 5.75 Å². The van der Waals surface area contributed by atoms with Gasteiger partial charge >= 0.3 is 0 Å². The van der Waals surface area contributed by atoms with Crippen molar-refractivity contribution in [3.05, 3.63) is 58.6 Å². The zero-order chi connectivity index (χ0) is 17.5. The number of para-hydroxylation sites is 1. The first kappa shape index (κ1) is 18.3. The van der Waals surface area contributed by atoms with E-state index in [1.165, 1.54) is 0 Å². The molecule has 5 heteroatoms. The number of nitrogens with one attached hydrogen (secondary N) is 1. The third-order valence-corrected chi connectivity index (χ3v) is 4.11. The zero-order valence-corrected chi connectivity index (χ0v) is 15.1. The highest BCUT2D eigenvalue weighted by Gasteiger charge is 2.13. The molecule has 2 aromatic carbocycles. The second-order valence-electron chi connectivity index (χ2n) is 5.62. The summed E-state index contributed by atoms with van der Waals surface area (Å²) in [5, 5.41) is 3.54. The van der Waals surface area contributed by atoms with Crippen LogP contribution in [0.2, 0.25) is 5.02 Å². The van der Waals surface area contributed by atoms with Crippen LogP contribution in [-0.4, -0.2) is 31.0 Å². The minimum absolute atomic E-state index is 0.0582. The molecule has 0 radical (unpaired) electrons. The number of hydrogen-bond acceptors (Lipinski definition) is 3. The first-order valence-electron chi connectivity index (χ1n) is 7.93. The Hall–Kier alpha value is -2.04. The fourth-order valence-corrected chi connectivity index (χ4v) is 2.65. The van der Waals surface area contributed by atoms with Gasteiger partial charge in [-0.3, -0.25) is 9.69 Å². The highest BCUT2D eigenvalue weighted by molar-refractivity contribution is 6.31. The number of benzene rings is 2. The van der Waals surface area contributed by atoms with Crippen LogP contribution < -0.4 is 10.1 Å². The van der Waals surface area contributed by atoms with Crippen LogP contribution in [0.1, 0.15) is 18.1 Å². The van der Waals surface area contributed by atoms with Gasteiger partial charge in [-0.15, -0.1) is 0 Å². The van der Waals surface area contributed by atoms with Crippen LogP contribution in [0.4, 0.5) is 5.69 Å². The second-order valence-corrected chi connectivity index (χ2v) is 6.06. The van der Waals surface area contributed by atoms with Gasteiger partial charge in [0, 0.05) is 22.8 Å². The summed E-state index contributed by atoms with van der Waals surface area (Å²) < 4.78 is 5.38. The van der Waals surface area contributed by atoms with Crippen LogP contribution in [0.5, 0.6) is 5.75 Å². The Kier molecular flexibility index (Phi) is 6.64. The second kappa shape index (κ2) is 8.71. The van der Waals surface area contributed by atoms with E-state index in [9.17, 15) is 4.79 Å². The summed E-state index contributed by atoms with van der Waals surface area (Å²) >= 11 is 6.00. The van der Waals surface area contributed by atoms with E-state index in [0.29, 0.717) is 18.1 Å². The van der Waals surface area contributed by atoms with Gasteiger partial charge in [-0.1, -0.05) is 42.8 Å². The van der Waals surface area contributed by atoms with E-state index in [4.69, 9.17) is 16.3 Å². The maximum absolute atomic E-state index is 12.4. The van der Waals surface area contributed by atoms with Crippen molar-refractivity contribution in [2.24, 2.45) is 0 Å². The number of aryl methyl sites for hydroxylation is 1. The topological polar surface area (TPSA) is 41.6 Å². The Labute approximate surface area is 148 Å². The van der Waals surface area contributed by atoms with Gasteiger partial charge < -0.3 is 10.1 Å². The van der Waals surface area contributed by atoms with Gasteiger partial charge in [-0.05, 0) is 37.2 Å². The Morgan fingerprint density at radius 2 is 2.00 bits per heavy atom. The van der Waals surface area contributed by atoms with Gasteiger partial charge in [0.1, 0.15) is 5.75 Å². The minimum atomic E-state index is -0.0582. The van der Waals surface area contributed by atoms with Crippen molar-refractivity contribution >= 4 is 23.2 Å². The molecule has 24 heavy (non-hydrogen) atoms. The fourth-order valence-electron chi connectivity index (χ4n) is 2.48. The van der Waals surface area contributed by atoms with Crippen molar-refractivity contribution in [3.63, 3.8) is 0 Å². The van der Waals surface area contributed by atoms with Crippen molar-refractivity contribution in [2.75, 3.05) is 25.5 Å². The largest absolute Gasteiger partial charge is 0.496 e. The van der Waals surface area contributed by atoms with Gasteiger partial charge in [-0.2, -0.15) is 0 Å². The SMILES string of the molecule is CCN(CC(=O)Nc1cc(Cl)ccc1C)Cc1ccccc1OC. The van der Waals surface area contributed by atoms with Crippen LogP contribution in [0, 0.1) is 6.92 Å². The van der Waals surface area contributed by atoms with Gasteiger partial charge in [-0.25, -0.2) is 0 Å². The number of carbonyl (C=O) groups excluding carboxylic acids is 1. The van der Waals surface area contributed by atoms with Crippen molar-refractivity contribution < 1.29 is 9.53 Å². The summed E-state index contributed by atoms with van der Waals surface area (Å²) in [7, 11) is 1.66. The highest BCUT2D eigenvalue weighted by atomic mass is 35.5. The van der Waals surface area contributed by atoms with Gasteiger partial charge in [0.2, 0.25) is 5.91 Å². The lowest BCUT2D eigenvalue weighted by Gasteiger charge is -2.21. The zero-order valence-electron chi connectivity index (χ0n) is 14.3. The molecule has 0 saturated carbocycles. The summed E-state index contributed by atoms with van der Waals surface area (Å²) in [6, 6.07) is 13.3. The van der Waals surface area contributed by atoms with Gasteiger partial charge in [0.15, 0.2) is 0 Å². The maximum atomic E-state index is 12.4. The monoisotopic (exact) mass is 346 g/mol. The molecule has 1 N–H and O–H groups in total. The van der Waals surface area contributed by atoms with Crippen LogP contribution in [0.3, 0.4) is 0 Å². The molecule has 0 aliphatic carbocycles. The molecule has 4 nitrogen and oxygen atoms in total. The first-order valence-corrected chi connectivity index (χ1v) is 8.31. The standard InChI is InChI=1S/C19H23ClN2O2/c1-4-22(12-15-7-5-6-8-18(15)24-3)13-19(23)21-17-11-16(20)10-9-14(17)2/h5-11H,4,12-13H2,1-3H3,(H,21,23). The Bertz CT molecular complexity index is 704. The Morgan fingerprint density at radius 3 is 2.71 bits per heavy atom. The molecule has 0 aliphatic heterocycles. The van der Waals surface area contributed by atoms with Crippen LogP contribution in [0.25, 0.3) is 0 Å². The molecule has 0 atom stereocenters. The van der Waals surface area contributed by atoms with E-state index in [2.05, 4.69) is 10.2 Å². The number of hydrogen-bond donors (Lipinski definition) is 1. The third kappa shape index (κ3) is 4.98. The number of likely N-dealkylation sites (N-methyl/N-ethyl adjacent to an activating group) is 1. The number of amides is 1. The number of carbonyl (C=O) groups is 1. The molecule has 2 rings (SSSR count). The minimum Gasteiger partial charge on any atom is -0.496 e. The number of rotatable bonds is 7. The molecule has 128 valence electrons. The maximum Gasteiger partial charge on any atom is 0.238 e. The number of nitrogens with zero attached hydrogens (tertiary/aromatic N) is 1. The van der Waals surface area contributed by atoms with Crippen LogP contribution >= 0.6 is 11.6 Å². The number of ether oxygens (including phenoxy) is 1. The van der Waals surface area contributed by atoms with Gasteiger partial charge in [0.25, 0.3) is 0 Å². The number of anilines is 1. The molecule has 0 spiro atoms.